The van der Waals surface area contributed by atoms with E-state index in [1.54, 1.807) is 0 Å². The van der Waals surface area contributed by atoms with Gasteiger partial charge in [-0.1, -0.05) is 103 Å². The lowest BCUT2D eigenvalue weighted by molar-refractivity contribution is -0.138. The lowest BCUT2D eigenvalue weighted by Gasteiger charge is -2.41. The Morgan fingerprint density at radius 1 is 0.800 bits per heavy atom. The van der Waals surface area contributed by atoms with E-state index < -0.39 is 0 Å². The second-order valence-electron chi connectivity index (χ2n) is 11.8. The lowest BCUT2D eigenvalue weighted by Crippen LogP contribution is -2.50. The van der Waals surface area contributed by atoms with E-state index in [4.69, 9.17) is 0 Å². The first-order valence-electron chi connectivity index (χ1n) is 14.8. The van der Waals surface area contributed by atoms with Gasteiger partial charge in [-0.15, -0.1) is 0 Å². The summed E-state index contributed by atoms with van der Waals surface area (Å²) in [6.45, 7) is 6.70. The molecule has 1 aliphatic heterocycles. The fourth-order valence-corrected chi connectivity index (χ4v) is 6.58. The summed E-state index contributed by atoms with van der Waals surface area (Å²) in [5.74, 6) is 0.693. The van der Waals surface area contributed by atoms with Crippen LogP contribution in [-0.2, 0) is 17.8 Å². The molecule has 0 aromatic heterocycles. The van der Waals surface area contributed by atoms with E-state index in [1.807, 2.05) is 0 Å². The average molecular weight is 529 g/mol. The molecule has 2 fully saturated rings. The standard InChI is InChI=1S/C37H40N2O/c1-26-11-9-18-32(27(26)2)25-39(34-19-20-34)37(40)35-24-38-23-33(21-28-12-5-3-6-13-28)36(35)31-17-10-16-30(22-31)29-14-7-4-8-15-29/h3-18,22,33-36,38H,19-21,23-25H2,1-2H3/t33-,35-,36-/m0/s1. The number of benzene rings is 4. The molecule has 2 aliphatic rings. The van der Waals surface area contributed by atoms with Crippen LogP contribution in [0, 0.1) is 25.7 Å². The first-order chi connectivity index (χ1) is 19.6. The van der Waals surface area contributed by atoms with Crippen molar-refractivity contribution in [2.75, 3.05) is 13.1 Å². The summed E-state index contributed by atoms with van der Waals surface area (Å²) in [5, 5.41) is 3.68. The molecule has 0 radical (unpaired) electrons. The molecule has 0 bridgehead atoms. The number of aryl methyl sites for hydroxylation is 1. The van der Waals surface area contributed by atoms with Gasteiger partial charge in [-0.25, -0.2) is 0 Å². The minimum Gasteiger partial charge on any atom is -0.335 e. The number of rotatable bonds is 8. The molecule has 204 valence electrons. The van der Waals surface area contributed by atoms with Crippen molar-refractivity contribution in [3.63, 3.8) is 0 Å². The van der Waals surface area contributed by atoms with Gasteiger partial charge in [0.1, 0.15) is 0 Å². The van der Waals surface area contributed by atoms with Crippen molar-refractivity contribution >= 4 is 5.91 Å². The van der Waals surface area contributed by atoms with Crippen LogP contribution in [0.3, 0.4) is 0 Å². The molecule has 1 saturated carbocycles. The molecule has 1 heterocycles. The normalized spacial score (nSPS) is 20.7. The first kappa shape index (κ1) is 26.5. The summed E-state index contributed by atoms with van der Waals surface area (Å²) in [5.41, 5.74) is 8.92. The zero-order chi connectivity index (χ0) is 27.5. The third kappa shape index (κ3) is 5.76. The number of carbonyl (C=O) groups excluding carboxylic acids is 1. The molecule has 40 heavy (non-hydrogen) atoms. The van der Waals surface area contributed by atoms with E-state index in [9.17, 15) is 4.79 Å². The number of amides is 1. The third-order valence-electron chi connectivity index (χ3n) is 9.08. The van der Waals surface area contributed by atoms with E-state index in [2.05, 4.69) is 127 Å². The molecule has 1 amide bonds. The smallest absolute Gasteiger partial charge is 0.228 e. The molecule has 1 aliphatic carbocycles. The molecule has 3 nitrogen and oxygen atoms in total. The molecule has 3 atom stereocenters. The molecule has 4 aromatic rings. The molecular formula is C37H40N2O. The van der Waals surface area contributed by atoms with Crippen molar-refractivity contribution in [2.24, 2.45) is 11.8 Å². The van der Waals surface area contributed by atoms with Crippen LogP contribution in [0.4, 0.5) is 0 Å². The fraction of sp³-hybridized carbons (Fsp3) is 0.324. The SMILES string of the molecule is Cc1cccc(CN(C(=O)[C@H]2CNC[C@H](Cc3ccccc3)[C@@H]2c2cccc(-c3ccccc3)c2)C2CC2)c1C. The molecule has 6 rings (SSSR count). The largest absolute Gasteiger partial charge is 0.335 e. The zero-order valence-electron chi connectivity index (χ0n) is 23.7. The molecule has 4 aromatic carbocycles. The number of hydrogen-bond acceptors (Lipinski definition) is 2. The first-order valence-corrected chi connectivity index (χ1v) is 14.8. The Labute approximate surface area is 239 Å². The van der Waals surface area contributed by atoms with Crippen molar-refractivity contribution in [3.8, 4) is 11.1 Å². The zero-order valence-corrected chi connectivity index (χ0v) is 23.7. The van der Waals surface area contributed by atoms with Gasteiger partial charge < -0.3 is 10.2 Å². The minimum atomic E-state index is -0.0980. The predicted molar refractivity (Wildman–Crippen MR) is 164 cm³/mol. The number of piperidine rings is 1. The van der Waals surface area contributed by atoms with Crippen LogP contribution in [0.2, 0.25) is 0 Å². The number of carbonyl (C=O) groups is 1. The summed E-state index contributed by atoms with van der Waals surface area (Å²) >= 11 is 0. The Morgan fingerprint density at radius 3 is 2.25 bits per heavy atom. The van der Waals surface area contributed by atoms with Gasteiger partial charge in [-0.05, 0) is 84.5 Å². The highest BCUT2D eigenvalue weighted by Gasteiger charge is 2.43. The summed E-state index contributed by atoms with van der Waals surface area (Å²) in [6.07, 6.45) is 3.18. The van der Waals surface area contributed by atoms with Crippen molar-refractivity contribution in [2.45, 2.75) is 51.6 Å². The quantitative estimate of drug-likeness (QED) is 0.260. The maximum Gasteiger partial charge on any atom is 0.228 e. The molecular weight excluding hydrogens is 488 g/mol. The van der Waals surface area contributed by atoms with E-state index >= 15 is 0 Å². The summed E-state index contributed by atoms with van der Waals surface area (Å²) in [7, 11) is 0. The maximum absolute atomic E-state index is 14.6. The highest BCUT2D eigenvalue weighted by molar-refractivity contribution is 5.81. The molecule has 0 unspecified atom stereocenters. The topological polar surface area (TPSA) is 32.3 Å². The molecule has 1 N–H and O–H groups in total. The number of nitrogens with one attached hydrogen (secondary N) is 1. The van der Waals surface area contributed by atoms with E-state index in [1.165, 1.54) is 38.9 Å². The fourth-order valence-electron chi connectivity index (χ4n) is 6.58. The van der Waals surface area contributed by atoms with Gasteiger partial charge in [-0.2, -0.15) is 0 Å². The molecule has 1 saturated heterocycles. The number of hydrogen-bond donors (Lipinski definition) is 1. The Balaban J connectivity index is 1.36. The van der Waals surface area contributed by atoms with E-state index in [-0.39, 0.29) is 11.8 Å². The third-order valence-corrected chi connectivity index (χ3v) is 9.08. The van der Waals surface area contributed by atoms with Crippen LogP contribution >= 0.6 is 0 Å². The van der Waals surface area contributed by atoms with Crippen molar-refractivity contribution in [3.05, 3.63) is 131 Å². The van der Waals surface area contributed by atoms with Crippen LogP contribution in [0.15, 0.2) is 103 Å². The van der Waals surface area contributed by atoms with Gasteiger partial charge in [0.2, 0.25) is 5.91 Å². The second-order valence-corrected chi connectivity index (χ2v) is 11.8. The minimum absolute atomic E-state index is 0.0980. The molecule has 3 heteroatoms. The Morgan fingerprint density at radius 2 is 1.50 bits per heavy atom. The predicted octanol–water partition coefficient (Wildman–Crippen LogP) is 7.32. The van der Waals surface area contributed by atoms with Crippen molar-refractivity contribution in [1.29, 1.82) is 0 Å². The highest BCUT2D eigenvalue weighted by Crippen LogP contribution is 2.41. The van der Waals surface area contributed by atoms with Crippen LogP contribution in [-0.4, -0.2) is 29.9 Å². The average Bonchev–Trinajstić information content (AvgIpc) is 3.84. The lowest BCUT2D eigenvalue weighted by atomic mass is 9.71. The van der Waals surface area contributed by atoms with Crippen LogP contribution in [0.1, 0.15) is 46.6 Å². The van der Waals surface area contributed by atoms with Gasteiger partial charge in [0.05, 0.1) is 5.92 Å². The Kier molecular flexibility index (Phi) is 7.84. The Hall–Kier alpha value is -3.69. The van der Waals surface area contributed by atoms with Gasteiger partial charge in [-0.3, -0.25) is 4.79 Å². The Bertz CT molecular complexity index is 1440. The number of nitrogens with zero attached hydrogens (tertiary/aromatic N) is 1. The van der Waals surface area contributed by atoms with Gasteiger partial charge >= 0.3 is 0 Å². The molecule has 0 spiro atoms. The summed E-state index contributed by atoms with van der Waals surface area (Å²) in [4.78, 5) is 16.8. The van der Waals surface area contributed by atoms with E-state index in [0.717, 1.165) is 32.4 Å². The van der Waals surface area contributed by atoms with Gasteiger partial charge in [0, 0.05) is 25.0 Å². The van der Waals surface area contributed by atoms with Crippen LogP contribution in [0.25, 0.3) is 11.1 Å². The van der Waals surface area contributed by atoms with Crippen LogP contribution in [0.5, 0.6) is 0 Å². The van der Waals surface area contributed by atoms with Crippen LogP contribution < -0.4 is 5.32 Å². The van der Waals surface area contributed by atoms with E-state index in [0.29, 0.717) is 24.4 Å². The van der Waals surface area contributed by atoms with Crippen molar-refractivity contribution < 1.29 is 4.79 Å². The van der Waals surface area contributed by atoms with Gasteiger partial charge in [0.15, 0.2) is 0 Å². The van der Waals surface area contributed by atoms with Crippen molar-refractivity contribution in [1.82, 2.24) is 10.2 Å². The highest BCUT2D eigenvalue weighted by atomic mass is 16.2. The maximum atomic E-state index is 14.6. The summed E-state index contributed by atoms with van der Waals surface area (Å²) in [6, 6.07) is 37.2. The summed E-state index contributed by atoms with van der Waals surface area (Å²) < 4.78 is 0. The second kappa shape index (κ2) is 11.8. The van der Waals surface area contributed by atoms with Gasteiger partial charge in [0.25, 0.3) is 0 Å². The monoisotopic (exact) mass is 528 g/mol.